The molecule has 0 aliphatic heterocycles. The van der Waals surface area contributed by atoms with Crippen LogP contribution in [0, 0.1) is 0 Å². The molecule has 0 unspecified atom stereocenters. The number of carbonyl (C=O) groups is 1. The second kappa shape index (κ2) is 11.7. The van der Waals surface area contributed by atoms with Crippen LogP contribution in [0.15, 0.2) is 85.1 Å². The highest BCUT2D eigenvalue weighted by molar-refractivity contribution is 7.70. The molecule has 0 saturated carbocycles. The molecule has 0 fully saturated rings. The van der Waals surface area contributed by atoms with Gasteiger partial charge < -0.3 is 15.2 Å². The number of amides is 1. The van der Waals surface area contributed by atoms with Gasteiger partial charge in [-0.05, 0) is 55.3 Å². The van der Waals surface area contributed by atoms with Gasteiger partial charge in [-0.2, -0.15) is 18.2 Å². The summed E-state index contributed by atoms with van der Waals surface area (Å²) in [6.45, 7) is 3.27. The zero-order valence-electron chi connectivity index (χ0n) is 21.0. The number of anilines is 4. The second-order valence-electron chi connectivity index (χ2n) is 8.85. The molecular weight excluding hydrogens is 530 g/mol. The Morgan fingerprint density at radius 3 is 2.26 bits per heavy atom. The van der Waals surface area contributed by atoms with Gasteiger partial charge in [0.05, 0.1) is 12.3 Å². The highest BCUT2D eigenvalue weighted by Crippen LogP contribution is 2.40. The smallest absolute Gasteiger partial charge is 0.339 e. The third kappa shape index (κ3) is 7.43. The van der Waals surface area contributed by atoms with Gasteiger partial charge >= 0.3 is 6.18 Å². The molecule has 0 saturated heterocycles. The van der Waals surface area contributed by atoms with Gasteiger partial charge in [0, 0.05) is 22.8 Å². The van der Waals surface area contributed by atoms with E-state index in [4.69, 9.17) is 4.84 Å². The van der Waals surface area contributed by atoms with E-state index in [1.807, 2.05) is 30.3 Å². The van der Waals surface area contributed by atoms with Gasteiger partial charge in [0.25, 0.3) is 5.91 Å². The van der Waals surface area contributed by atoms with Crippen LogP contribution in [0.4, 0.5) is 36.3 Å². The first-order valence-corrected chi connectivity index (χ1v) is 14.3. The first-order valence-electron chi connectivity index (χ1n) is 11.7. The molecule has 0 atom stereocenters. The molecule has 4 rings (SSSR count). The summed E-state index contributed by atoms with van der Waals surface area (Å²) in [5.74, 6) is -1.06. The molecule has 1 aromatic heterocycles. The molecule has 0 spiro atoms. The summed E-state index contributed by atoms with van der Waals surface area (Å²) in [5.41, 5.74) is 3.18. The summed E-state index contributed by atoms with van der Waals surface area (Å²) in [6.07, 6.45) is -4.06. The third-order valence-corrected chi connectivity index (χ3v) is 7.03. The van der Waals surface area contributed by atoms with Crippen molar-refractivity contribution < 1.29 is 27.4 Å². The fourth-order valence-corrected chi connectivity index (χ4v) is 4.73. The number of hydrogen-bond donors (Lipinski definition) is 3. The third-order valence-electron chi connectivity index (χ3n) is 5.48. The standard InChI is InChI=1S/C27H25F3N5O3P/c1-39(2,37)23-11-7-6-10-22(23)33-24-21(27(28,29)30)16-31-26(34-24)32-20-14-12-19(13-15-20)25(36)35-38-17-18-8-4-3-5-9-18/h3-16H,17H2,1-2H3,(H,35,36)(H2,31,32,33,34). The van der Waals surface area contributed by atoms with Crippen molar-refractivity contribution in [3.05, 3.63) is 102 Å². The summed E-state index contributed by atoms with van der Waals surface area (Å²) in [4.78, 5) is 25.4. The average molecular weight is 555 g/mol. The number of nitrogens with one attached hydrogen (secondary N) is 3. The Hall–Kier alpha value is -4.21. The lowest BCUT2D eigenvalue weighted by atomic mass is 10.2. The quantitative estimate of drug-likeness (QED) is 0.170. The topological polar surface area (TPSA) is 105 Å². The largest absolute Gasteiger partial charge is 0.421 e. The minimum atomic E-state index is -4.73. The van der Waals surface area contributed by atoms with E-state index < -0.39 is 30.6 Å². The molecule has 0 bridgehead atoms. The van der Waals surface area contributed by atoms with Crippen molar-refractivity contribution in [1.82, 2.24) is 15.4 Å². The number of carbonyl (C=O) groups excluding carboxylic acids is 1. The van der Waals surface area contributed by atoms with E-state index in [1.165, 1.54) is 31.5 Å². The molecule has 202 valence electrons. The lowest BCUT2D eigenvalue weighted by molar-refractivity contribution is -0.137. The van der Waals surface area contributed by atoms with Crippen LogP contribution >= 0.6 is 7.14 Å². The predicted molar refractivity (Wildman–Crippen MR) is 144 cm³/mol. The number of para-hydroxylation sites is 1. The molecule has 3 aromatic carbocycles. The van der Waals surface area contributed by atoms with Crippen molar-refractivity contribution in [2.45, 2.75) is 12.8 Å². The van der Waals surface area contributed by atoms with Crippen molar-refractivity contribution in [1.29, 1.82) is 0 Å². The average Bonchev–Trinajstić information content (AvgIpc) is 2.89. The summed E-state index contributed by atoms with van der Waals surface area (Å²) >= 11 is 0. The summed E-state index contributed by atoms with van der Waals surface area (Å²) in [6, 6.07) is 21.9. The lowest BCUT2D eigenvalue weighted by Gasteiger charge is -2.18. The van der Waals surface area contributed by atoms with Gasteiger partial charge in [-0.15, -0.1) is 0 Å². The number of rotatable bonds is 9. The number of benzene rings is 3. The van der Waals surface area contributed by atoms with Gasteiger partial charge in [0.15, 0.2) is 0 Å². The molecular formula is C27H25F3N5O3P. The number of hydrogen-bond acceptors (Lipinski definition) is 7. The number of alkyl halides is 3. The maximum atomic E-state index is 13.7. The fourth-order valence-electron chi connectivity index (χ4n) is 3.57. The van der Waals surface area contributed by atoms with E-state index in [9.17, 15) is 22.5 Å². The Kier molecular flexibility index (Phi) is 8.32. The van der Waals surface area contributed by atoms with Gasteiger partial charge in [0.2, 0.25) is 5.95 Å². The van der Waals surface area contributed by atoms with Crippen LogP contribution in [0.3, 0.4) is 0 Å². The maximum Gasteiger partial charge on any atom is 0.421 e. The van der Waals surface area contributed by atoms with Crippen LogP contribution in [-0.4, -0.2) is 29.2 Å². The Morgan fingerprint density at radius 1 is 0.923 bits per heavy atom. The highest BCUT2D eigenvalue weighted by atomic mass is 31.2. The molecule has 4 aromatic rings. The van der Waals surface area contributed by atoms with E-state index in [0.717, 1.165) is 5.56 Å². The van der Waals surface area contributed by atoms with Crippen molar-refractivity contribution in [2.24, 2.45) is 0 Å². The summed E-state index contributed by atoms with van der Waals surface area (Å²) < 4.78 is 53.8. The van der Waals surface area contributed by atoms with E-state index in [1.54, 1.807) is 30.3 Å². The molecule has 3 N–H and O–H groups in total. The second-order valence-corrected chi connectivity index (χ2v) is 12.0. The molecule has 1 amide bonds. The molecule has 0 radical (unpaired) electrons. The van der Waals surface area contributed by atoms with Gasteiger partial charge in [0.1, 0.15) is 18.5 Å². The van der Waals surface area contributed by atoms with Crippen LogP contribution in [0.5, 0.6) is 0 Å². The first-order chi connectivity index (χ1) is 18.5. The normalized spacial score (nSPS) is 11.6. The minimum Gasteiger partial charge on any atom is -0.339 e. The van der Waals surface area contributed by atoms with Crippen LogP contribution in [0.25, 0.3) is 0 Å². The Balaban J connectivity index is 1.48. The lowest BCUT2D eigenvalue weighted by Crippen LogP contribution is -2.23. The Morgan fingerprint density at radius 2 is 1.59 bits per heavy atom. The van der Waals surface area contributed by atoms with Crippen molar-refractivity contribution in [3.8, 4) is 0 Å². The van der Waals surface area contributed by atoms with E-state index in [2.05, 4.69) is 26.1 Å². The van der Waals surface area contributed by atoms with E-state index in [-0.39, 0.29) is 18.2 Å². The molecule has 12 heteroatoms. The van der Waals surface area contributed by atoms with Crippen LogP contribution < -0.4 is 21.4 Å². The van der Waals surface area contributed by atoms with Gasteiger partial charge in [-0.3, -0.25) is 9.63 Å². The number of halogens is 3. The van der Waals surface area contributed by atoms with Gasteiger partial charge in [-0.1, -0.05) is 42.5 Å². The molecule has 0 aliphatic rings. The SMILES string of the molecule is CP(C)(=O)c1ccccc1Nc1nc(Nc2ccc(C(=O)NOCc3ccccc3)cc2)ncc1C(F)(F)F. The first kappa shape index (κ1) is 27.8. The van der Waals surface area contributed by atoms with E-state index in [0.29, 0.717) is 22.8 Å². The fraction of sp³-hybridized carbons (Fsp3) is 0.148. The monoisotopic (exact) mass is 555 g/mol. The predicted octanol–water partition coefficient (Wildman–Crippen LogP) is 6.09. The number of nitrogens with zero attached hydrogens (tertiary/aromatic N) is 2. The van der Waals surface area contributed by atoms with Crippen LogP contribution in [0.1, 0.15) is 21.5 Å². The number of hydroxylamine groups is 1. The highest BCUT2D eigenvalue weighted by Gasteiger charge is 2.35. The number of aromatic nitrogens is 2. The molecule has 8 nitrogen and oxygen atoms in total. The molecule has 0 aliphatic carbocycles. The Labute approximate surface area is 223 Å². The Bertz CT molecular complexity index is 1490. The van der Waals surface area contributed by atoms with E-state index >= 15 is 0 Å². The zero-order chi connectivity index (χ0) is 28.0. The minimum absolute atomic E-state index is 0.109. The maximum absolute atomic E-state index is 13.7. The summed E-state index contributed by atoms with van der Waals surface area (Å²) in [7, 11) is -2.80. The van der Waals surface area contributed by atoms with Crippen molar-refractivity contribution in [3.63, 3.8) is 0 Å². The summed E-state index contributed by atoms with van der Waals surface area (Å²) in [5, 5.41) is 5.92. The zero-order valence-corrected chi connectivity index (χ0v) is 21.9. The molecule has 1 heterocycles. The van der Waals surface area contributed by atoms with Crippen LogP contribution in [0.2, 0.25) is 0 Å². The van der Waals surface area contributed by atoms with Crippen molar-refractivity contribution in [2.75, 3.05) is 24.0 Å². The molecule has 39 heavy (non-hydrogen) atoms. The van der Waals surface area contributed by atoms with Crippen molar-refractivity contribution >= 4 is 41.5 Å². The van der Waals surface area contributed by atoms with Crippen LogP contribution in [-0.2, 0) is 22.2 Å². The van der Waals surface area contributed by atoms with Gasteiger partial charge in [-0.25, -0.2) is 10.5 Å².